The van der Waals surface area contributed by atoms with Crippen LogP contribution in [0.3, 0.4) is 0 Å². The van der Waals surface area contributed by atoms with Crippen molar-refractivity contribution in [2.24, 2.45) is 0 Å². The molecular formula is C10H8F8O7S. The molecule has 0 amide bonds. The van der Waals surface area contributed by atoms with Gasteiger partial charge in [-0.15, -0.1) is 0 Å². The van der Waals surface area contributed by atoms with Crippen LogP contribution in [0, 0.1) is 0 Å². The first kappa shape index (κ1) is 24.0. The van der Waals surface area contributed by atoms with E-state index in [4.69, 9.17) is 4.55 Å². The monoisotopic (exact) mass is 424 g/mol. The maximum absolute atomic E-state index is 13.0. The maximum atomic E-state index is 13.0. The molecule has 0 aromatic rings. The highest BCUT2D eigenvalue weighted by Gasteiger charge is 2.77. The number of rotatable bonds is 6. The highest BCUT2D eigenvalue weighted by molar-refractivity contribution is 7.87. The van der Waals surface area contributed by atoms with E-state index >= 15 is 0 Å². The number of hydrogen-bond donors (Lipinski definition) is 1. The molecule has 0 aromatic heterocycles. The van der Waals surface area contributed by atoms with Gasteiger partial charge in [0.1, 0.15) is 6.61 Å². The maximum Gasteiger partial charge on any atom is 0.465 e. The smallest absolute Gasteiger partial charge is 0.457 e. The lowest BCUT2D eigenvalue weighted by atomic mass is 10.0. The van der Waals surface area contributed by atoms with Gasteiger partial charge in [0.25, 0.3) is 0 Å². The van der Waals surface area contributed by atoms with Gasteiger partial charge in [-0.1, -0.05) is 6.58 Å². The summed E-state index contributed by atoms with van der Waals surface area (Å²) in [4.78, 5) is 21.9. The molecule has 7 nitrogen and oxygen atoms in total. The van der Waals surface area contributed by atoms with E-state index in [0.717, 1.165) is 6.92 Å². The minimum absolute atomic E-state index is 0.696. The fraction of sp³-hybridized carbons (Fsp3) is 0.600. The average Bonchev–Trinajstić information content (AvgIpc) is 2.38. The van der Waals surface area contributed by atoms with Crippen molar-refractivity contribution in [3.63, 3.8) is 0 Å². The predicted molar refractivity (Wildman–Crippen MR) is 63.2 cm³/mol. The Bertz CT molecular complexity index is 677. The van der Waals surface area contributed by atoms with Crippen LogP contribution < -0.4 is 0 Å². The molecule has 0 aliphatic heterocycles. The highest BCUT2D eigenvalue weighted by Crippen LogP contribution is 2.47. The summed E-state index contributed by atoms with van der Waals surface area (Å²) < 4.78 is 138. The van der Waals surface area contributed by atoms with Crippen LogP contribution >= 0.6 is 0 Å². The zero-order chi connectivity index (χ0) is 21.4. The first-order valence-electron chi connectivity index (χ1n) is 5.75. The molecule has 16 heteroatoms. The summed E-state index contributed by atoms with van der Waals surface area (Å²) in [6.07, 6.45) is -13.4. The average molecular weight is 424 g/mol. The third-order valence-electron chi connectivity index (χ3n) is 2.50. The minimum Gasteiger partial charge on any atom is -0.457 e. The van der Waals surface area contributed by atoms with Crippen molar-refractivity contribution < 1.29 is 67.2 Å². The van der Waals surface area contributed by atoms with Crippen molar-refractivity contribution in [2.45, 2.75) is 30.1 Å². The molecule has 0 saturated carbocycles. The molecule has 0 heterocycles. The Balaban J connectivity index is 6.21. The summed E-state index contributed by atoms with van der Waals surface area (Å²) in [5.74, 6) is -5.73. The van der Waals surface area contributed by atoms with Gasteiger partial charge >= 0.3 is 45.3 Å². The predicted octanol–water partition coefficient (Wildman–Crippen LogP) is 1.99. The largest absolute Gasteiger partial charge is 0.465 e. The first-order valence-corrected chi connectivity index (χ1v) is 7.19. The van der Waals surface area contributed by atoms with E-state index in [2.05, 4.69) is 16.1 Å². The second kappa shape index (κ2) is 6.98. The lowest BCUT2D eigenvalue weighted by Gasteiger charge is -2.36. The SMILES string of the molecule is C=C(C)C(=O)OCC(OC(=O)C(F)(F)S(=O)(=O)O)(C(F)(F)F)C(F)(F)F. The molecule has 0 atom stereocenters. The standard InChI is InChI=1S/C10H8F8O7S/c1-4(2)5(19)24-3-7(9(13,14)15,10(16,17)18)25-6(20)8(11,12)26(21,22)23/h1,3H2,2H3,(H,21,22,23). The fourth-order valence-electron chi connectivity index (χ4n) is 1.08. The fourth-order valence-corrected chi connectivity index (χ4v) is 1.34. The van der Waals surface area contributed by atoms with Crippen molar-refractivity contribution in [1.82, 2.24) is 0 Å². The summed E-state index contributed by atoms with van der Waals surface area (Å²) in [5, 5.41) is -6.17. The van der Waals surface area contributed by atoms with Gasteiger partial charge in [-0.25, -0.2) is 9.59 Å². The second-order valence-corrected chi connectivity index (χ2v) is 6.02. The van der Waals surface area contributed by atoms with Crippen molar-refractivity contribution in [3.8, 4) is 0 Å². The van der Waals surface area contributed by atoms with Gasteiger partial charge in [0.15, 0.2) is 0 Å². The third kappa shape index (κ3) is 4.60. The van der Waals surface area contributed by atoms with Crippen molar-refractivity contribution >= 4 is 22.1 Å². The summed E-state index contributed by atoms with van der Waals surface area (Å²) in [6, 6.07) is 0. The molecule has 1 N–H and O–H groups in total. The van der Waals surface area contributed by atoms with Gasteiger partial charge < -0.3 is 9.47 Å². The molecule has 0 unspecified atom stereocenters. The zero-order valence-electron chi connectivity index (χ0n) is 12.2. The van der Waals surface area contributed by atoms with E-state index in [0.29, 0.717) is 0 Å². The van der Waals surface area contributed by atoms with E-state index in [1.807, 2.05) is 0 Å². The lowest BCUT2D eigenvalue weighted by Crippen LogP contribution is -2.64. The Morgan fingerprint density at radius 1 is 1.00 bits per heavy atom. The number of esters is 2. The molecule has 0 radical (unpaired) electrons. The van der Waals surface area contributed by atoms with Crippen molar-refractivity contribution in [3.05, 3.63) is 12.2 Å². The Morgan fingerprint density at radius 3 is 1.65 bits per heavy atom. The lowest BCUT2D eigenvalue weighted by molar-refractivity contribution is -0.378. The minimum atomic E-state index is -6.77. The van der Waals surface area contributed by atoms with Gasteiger partial charge in [-0.2, -0.15) is 43.5 Å². The number of halogens is 8. The molecule has 0 rings (SSSR count). The Hall–Kier alpha value is -1.97. The number of carbonyl (C=O) groups excluding carboxylic acids is 2. The van der Waals surface area contributed by atoms with Crippen LogP contribution in [0.4, 0.5) is 35.1 Å². The van der Waals surface area contributed by atoms with Crippen LogP contribution in [0.15, 0.2) is 12.2 Å². The van der Waals surface area contributed by atoms with Crippen LogP contribution in [0.2, 0.25) is 0 Å². The number of carbonyl (C=O) groups is 2. The van der Waals surface area contributed by atoms with Crippen LogP contribution in [-0.2, 0) is 29.2 Å². The molecule has 0 aliphatic carbocycles. The van der Waals surface area contributed by atoms with Crippen molar-refractivity contribution in [2.75, 3.05) is 6.61 Å². The van der Waals surface area contributed by atoms with E-state index in [1.54, 1.807) is 0 Å². The van der Waals surface area contributed by atoms with E-state index in [1.165, 1.54) is 0 Å². The summed E-state index contributed by atoms with van der Waals surface area (Å²) >= 11 is 0. The van der Waals surface area contributed by atoms with Crippen molar-refractivity contribution in [1.29, 1.82) is 0 Å². The molecule has 0 aliphatic rings. The number of hydrogen-bond acceptors (Lipinski definition) is 6. The molecule has 152 valence electrons. The normalized spacial score (nSPS) is 13.9. The number of alkyl halides is 8. The topological polar surface area (TPSA) is 107 Å². The summed E-state index contributed by atoms with van der Waals surface area (Å²) in [6.45, 7) is 0.769. The summed E-state index contributed by atoms with van der Waals surface area (Å²) in [5.41, 5.74) is -6.55. The van der Waals surface area contributed by atoms with Crippen LogP contribution in [-0.4, -0.2) is 54.7 Å². The zero-order valence-corrected chi connectivity index (χ0v) is 13.1. The third-order valence-corrected chi connectivity index (χ3v) is 3.31. The molecular weight excluding hydrogens is 416 g/mol. The van der Waals surface area contributed by atoms with Gasteiger partial charge in [-0.3, -0.25) is 4.55 Å². The first-order chi connectivity index (χ1) is 11.2. The van der Waals surface area contributed by atoms with E-state index in [9.17, 15) is 53.1 Å². The molecule has 0 saturated heterocycles. The van der Waals surface area contributed by atoms with E-state index in [-0.39, 0.29) is 0 Å². The van der Waals surface area contributed by atoms with Crippen LogP contribution in [0.1, 0.15) is 6.92 Å². The molecule has 0 bridgehead atoms. The quantitative estimate of drug-likeness (QED) is 0.301. The molecule has 26 heavy (non-hydrogen) atoms. The van der Waals surface area contributed by atoms with Gasteiger partial charge in [0.2, 0.25) is 0 Å². The van der Waals surface area contributed by atoms with Crippen LogP contribution in [0.25, 0.3) is 0 Å². The highest BCUT2D eigenvalue weighted by atomic mass is 32.2. The Kier molecular flexibility index (Phi) is 6.45. The molecule has 0 fully saturated rings. The molecule has 0 spiro atoms. The van der Waals surface area contributed by atoms with Crippen LogP contribution in [0.5, 0.6) is 0 Å². The second-order valence-electron chi connectivity index (χ2n) is 4.56. The Morgan fingerprint density at radius 2 is 1.38 bits per heavy atom. The van der Waals surface area contributed by atoms with Gasteiger partial charge in [-0.05, 0) is 6.92 Å². The van der Waals surface area contributed by atoms with Gasteiger partial charge in [0.05, 0.1) is 0 Å². The van der Waals surface area contributed by atoms with E-state index < -0.39 is 57.4 Å². The summed E-state index contributed by atoms with van der Waals surface area (Å²) in [7, 11) is -6.77. The number of ether oxygens (including phenoxy) is 2. The van der Waals surface area contributed by atoms with Gasteiger partial charge in [0, 0.05) is 5.57 Å². The molecule has 0 aromatic carbocycles. The Labute approximate surface area is 139 Å².